The highest BCUT2D eigenvalue weighted by Gasteiger charge is 2.41. The summed E-state index contributed by atoms with van der Waals surface area (Å²) in [5.41, 5.74) is 0. The predicted octanol–water partition coefficient (Wildman–Crippen LogP) is 0.863. The van der Waals surface area contributed by atoms with Crippen molar-refractivity contribution in [2.75, 3.05) is 25.4 Å². The number of hydrogen-bond donors (Lipinski definition) is 2. The minimum Gasteiger partial charge on any atom is -0.376 e. The molecular weight excluding hydrogens is 264 g/mol. The highest BCUT2D eigenvalue weighted by atomic mass is 32.2. The third-order valence-electron chi connectivity index (χ3n) is 3.82. The SMILES string of the molecule is CCNCCCCS(=O)(=O)NC1CCOC1C1CC1. The molecule has 1 saturated carbocycles. The predicted molar refractivity (Wildman–Crippen MR) is 75.6 cm³/mol. The maximum Gasteiger partial charge on any atom is 0.211 e. The van der Waals surface area contributed by atoms with E-state index in [0.29, 0.717) is 18.9 Å². The Kier molecular flexibility index (Phi) is 5.62. The smallest absolute Gasteiger partial charge is 0.211 e. The summed E-state index contributed by atoms with van der Waals surface area (Å²) in [4.78, 5) is 0. The molecule has 19 heavy (non-hydrogen) atoms. The van der Waals surface area contributed by atoms with Crippen molar-refractivity contribution in [3.63, 3.8) is 0 Å². The van der Waals surface area contributed by atoms with Gasteiger partial charge in [0.05, 0.1) is 17.9 Å². The monoisotopic (exact) mass is 290 g/mol. The molecule has 1 aliphatic carbocycles. The maximum absolute atomic E-state index is 12.0. The molecule has 1 heterocycles. The molecule has 0 aromatic rings. The van der Waals surface area contributed by atoms with Gasteiger partial charge >= 0.3 is 0 Å². The zero-order chi connectivity index (χ0) is 13.7. The summed E-state index contributed by atoms with van der Waals surface area (Å²) in [6.07, 6.45) is 4.93. The molecule has 0 spiro atoms. The minimum absolute atomic E-state index is 0.00580. The molecule has 1 aliphatic heterocycles. The van der Waals surface area contributed by atoms with E-state index >= 15 is 0 Å². The largest absolute Gasteiger partial charge is 0.376 e. The molecule has 6 heteroatoms. The molecule has 2 fully saturated rings. The van der Waals surface area contributed by atoms with E-state index in [1.54, 1.807) is 0 Å². The molecule has 1 saturated heterocycles. The van der Waals surface area contributed by atoms with Gasteiger partial charge in [-0.1, -0.05) is 6.92 Å². The van der Waals surface area contributed by atoms with Crippen LogP contribution in [0.2, 0.25) is 0 Å². The first-order valence-corrected chi connectivity index (χ1v) is 9.10. The van der Waals surface area contributed by atoms with Crippen molar-refractivity contribution in [2.24, 2.45) is 5.92 Å². The van der Waals surface area contributed by atoms with Gasteiger partial charge in [-0.25, -0.2) is 13.1 Å². The normalized spacial score (nSPS) is 27.8. The molecule has 2 unspecified atom stereocenters. The summed E-state index contributed by atoms with van der Waals surface area (Å²) in [6, 6.07) is 0.00580. The van der Waals surface area contributed by atoms with Crippen LogP contribution < -0.4 is 10.0 Å². The molecule has 0 amide bonds. The van der Waals surface area contributed by atoms with Crippen LogP contribution in [0.4, 0.5) is 0 Å². The quantitative estimate of drug-likeness (QED) is 0.618. The van der Waals surface area contributed by atoms with Gasteiger partial charge in [-0.3, -0.25) is 0 Å². The summed E-state index contributed by atoms with van der Waals surface area (Å²) < 4.78 is 32.5. The van der Waals surface area contributed by atoms with Crippen molar-refractivity contribution in [1.29, 1.82) is 0 Å². The average Bonchev–Trinajstić information content (AvgIpc) is 3.10. The highest BCUT2D eigenvalue weighted by Crippen LogP contribution is 2.38. The van der Waals surface area contributed by atoms with Gasteiger partial charge in [-0.05, 0) is 51.1 Å². The molecule has 0 aromatic carbocycles. The lowest BCUT2D eigenvalue weighted by Crippen LogP contribution is -2.42. The van der Waals surface area contributed by atoms with Crippen LogP contribution in [0.25, 0.3) is 0 Å². The van der Waals surface area contributed by atoms with E-state index in [9.17, 15) is 8.42 Å². The van der Waals surface area contributed by atoms with Crippen LogP contribution in [0.15, 0.2) is 0 Å². The summed E-state index contributed by atoms with van der Waals surface area (Å²) in [7, 11) is -3.15. The van der Waals surface area contributed by atoms with Gasteiger partial charge in [0.2, 0.25) is 10.0 Å². The first kappa shape index (κ1) is 15.2. The average molecular weight is 290 g/mol. The fraction of sp³-hybridized carbons (Fsp3) is 1.00. The first-order chi connectivity index (χ1) is 9.12. The molecule has 2 N–H and O–H groups in total. The van der Waals surface area contributed by atoms with E-state index in [0.717, 1.165) is 25.9 Å². The third kappa shape index (κ3) is 5.02. The number of rotatable bonds is 9. The number of ether oxygens (including phenoxy) is 1. The molecule has 0 aromatic heterocycles. The molecule has 2 aliphatic rings. The number of nitrogens with one attached hydrogen (secondary N) is 2. The second kappa shape index (κ2) is 7.02. The van der Waals surface area contributed by atoms with E-state index < -0.39 is 10.0 Å². The van der Waals surface area contributed by atoms with Gasteiger partial charge in [0.1, 0.15) is 0 Å². The lowest BCUT2D eigenvalue weighted by atomic mass is 10.1. The molecule has 5 nitrogen and oxygen atoms in total. The Balaban J connectivity index is 1.70. The van der Waals surface area contributed by atoms with E-state index in [1.165, 1.54) is 12.8 Å². The van der Waals surface area contributed by atoms with E-state index in [2.05, 4.69) is 17.0 Å². The molecule has 2 rings (SSSR count). The number of hydrogen-bond acceptors (Lipinski definition) is 4. The van der Waals surface area contributed by atoms with Crippen LogP contribution in [0, 0.1) is 5.92 Å². The Morgan fingerprint density at radius 2 is 2.00 bits per heavy atom. The summed E-state index contributed by atoms with van der Waals surface area (Å²) in [6.45, 7) is 4.57. The van der Waals surface area contributed by atoms with Crippen LogP contribution in [0.3, 0.4) is 0 Å². The van der Waals surface area contributed by atoms with Gasteiger partial charge in [0.15, 0.2) is 0 Å². The zero-order valence-electron chi connectivity index (χ0n) is 11.7. The fourth-order valence-corrected chi connectivity index (χ4v) is 4.05. The summed E-state index contributed by atoms with van der Waals surface area (Å²) in [5.74, 6) is 0.815. The van der Waals surface area contributed by atoms with Crippen molar-refractivity contribution in [2.45, 2.75) is 51.2 Å². The summed E-state index contributed by atoms with van der Waals surface area (Å²) in [5, 5.41) is 3.20. The molecule has 0 radical (unpaired) electrons. The Labute approximate surface area is 116 Å². The Bertz CT molecular complexity index is 368. The van der Waals surface area contributed by atoms with Crippen molar-refractivity contribution < 1.29 is 13.2 Å². The van der Waals surface area contributed by atoms with Crippen LogP contribution in [-0.2, 0) is 14.8 Å². The first-order valence-electron chi connectivity index (χ1n) is 7.44. The Morgan fingerprint density at radius 3 is 2.68 bits per heavy atom. The van der Waals surface area contributed by atoms with Gasteiger partial charge in [-0.2, -0.15) is 0 Å². The van der Waals surface area contributed by atoms with E-state index in [1.807, 2.05) is 0 Å². The second-order valence-corrected chi connectivity index (χ2v) is 7.44. The Hall–Kier alpha value is -0.170. The Morgan fingerprint density at radius 1 is 1.21 bits per heavy atom. The lowest BCUT2D eigenvalue weighted by Gasteiger charge is -2.19. The molecule has 112 valence electrons. The molecule has 0 bridgehead atoms. The fourth-order valence-electron chi connectivity index (χ4n) is 2.64. The van der Waals surface area contributed by atoms with Crippen molar-refractivity contribution >= 4 is 10.0 Å². The van der Waals surface area contributed by atoms with Crippen molar-refractivity contribution in [3.8, 4) is 0 Å². The van der Waals surface area contributed by atoms with Crippen LogP contribution in [0.5, 0.6) is 0 Å². The lowest BCUT2D eigenvalue weighted by molar-refractivity contribution is 0.0848. The van der Waals surface area contributed by atoms with Gasteiger partial charge in [-0.15, -0.1) is 0 Å². The number of sulfonamides is 1. The second-order valence-electron chi connectivity index (χ2n) is 5.57. The van der Waals surface area contributed by atoms with Gasteiger partial charge < -0.3 is 10.1 Å². The zero-order valence-corrected chi connectivity index (χ0v) is 12.5. The van der Waals surface area contributed by atoms with Gasteiger partial charge in [0, 0.05) is 6.61 Å². The summed E-state index contributed by atoms with van der Waals surface area (Å²) >= 11 is 0. The highest BCUT2D eigenvalue weighted by molar-refractivity contribution is 7.89. The van der Waals surface area contributed by atoms with Crippen LogP contribution >= 0.6 is 0 Å². The van der Waals surface area contributed by atoms with Crippen molar-refractivity contribution in [3.05, 3.63) is 0 Å². The standard InChI is InChI=1S/C13H26N2O3S/c1-2-14-8-3-4-10-19(16,17)15-12-7-9-18-13(12)11-5-6-11/h11-15H,2-10H2,1H3. The van der Waals surface area contributed by atoms with Crippen LogP contribution in [0.1, 0.15) is 39.0 Å². The number of unbranched alkanes of at least 4 members (excludes halogenated alkanes) is 1. The molecular formula is C13H26N2O3S. The third-order valence-corrected chi connectivity index (χ3v) is 5.31. The van der Waals surface area contributed by atoms with E-state index in [-0.39, 0.29) is 17.9 Å². The minimum atomic E-state index is -3.15. The van der Waals surface area contributed by atoms with Crippen LogP contribution in [-0.4, -0.2) is 46.0 Å². The maximum atomic E-state index is 12.0. The van der Waals surface area contributed by atoms with E-state index in [4.69, 9.17) is 4.74 Å². The van der Waals surface area contributed by atoms with Crippen molar-refractivity contribution in [1.82, 2.24) is 10.0 Å². The topological polar surface area (TPSA) is 67.4 Å². The molecule has 2 atom stereocenters. The van der Waals surface area contributed by atoms with Gasteiger partial charge in [0.25, 0.3) is 0 Å².